The molecule has 3 N–H and O–H groups in total. The first-order valence-corrected chi connectivity index (χ1v) is 7.40. The lowest BCUT2D eigenvalue weighted by Crippen LogP contribution is -2.30. The molecule has 2 heterocycles. The lowest BCUT2D eigenvalue weighted by Gasteiger charge is -2.26. The summed E-state index contributed by atoms with van der Waals surface area (Å²) in [4.78, 5) is 4.25. The number of hydrogen-bond acceptors (Lipinski definition) is 4. The molecular weight excluding hydrogens is 230 g/mol. The first-order valence-electron chi connectivity index (χ1n) is 6.25. The van der Waals surface area contributed by atoms with Gasteiger partial charge >= 0.3 is 0 Å². The van der Waals surface area contributed by atoms with Crippen molar-refractivity contribution in [3.05, 3.63) is 29.6 Å². The van der Waals surface area contributed by atoms with Gasteiger partial charge in [0.2, 0.25) is 0 Å². The van der Waals surface area contributed by atoms with Crippen LogP contribution in [0.5, 0.6) is 0 Å². The lowest BCUT2D eigenvalue weighted by atomic mass is 9.91. The molecule has 0 radical (unpaired) electrons. The third-order valence-electron chi connectivity index (χ3n) is 3.41. The summed E-state index contributed by atoms with van der Waals surface area (Å²) in [6.45, 7) is 2.07. The second-order valence-corrected chi connectivity index (χ2v) is 6.03. The maximum atomic E-state index is 5.69. The van der Waals surface area contributed by atoms with E-state index >= 15 is 0 Å². The number of aryl methyl sites for hydroxylation is 1. The second kappa shape index (κ2) is 6.38. The molecular formula is C13H21N3S. The lowest BCUT2D eigenvalue weighted by molar-refractivity contribution is 0.373. The minimum atomic E-state index is 0.246. The first-order chi connectivity index (χ1) is 8.29. The number of hydrogen-bond donors (Lipinski definition) is 2. The van der Waals surface area contributed by atoms with Gasteiger partial charge in [-0.2, -0.15) is 11.8 Å². The van der Waals surface area contributed by atoms with E-state index in [1.807, 2.05) is 12.4 Å². The normalized spacial score (nSPS) is 19.2. The van der Waals surface area contributed by atoms with Crippen molar-refractivity contribution in [1.82, 2.24) is 10.4 Å². The highest BCUT2D eigenvalue weighted by atomic mass is 32.2. The number of thioether (sulfide) groups is 1. The SMILES string of the molecule is Cc1cncc(C(CC2CCSCC2)NN)c1. The van der Waals surface area contributed by atoms with E-state index in [2.05, 4.69) is 35.2 Å². The molecule has 3 nitrogen and oxygen atoms in total. The van der Waals surface area contributed by atoms with Gasteiger partial charge in [0.15, 0.2) is 0 Å². The fraction of sp³-hybridized carbons (Fsp3) is 0.615. The molecule has 1 atom stereocenters. The molecule has 1 aromatic rings. The van der Waals surface area contributed by atoms with E-state index in [0.717, 1.165) is 12.3 Å². The molecule has 17 heavy (non-hydrogen) atoms. The molecule has 94 valence electrons. The van der Waals surface area contributed by atoms with Gasteiger partial charge in [0, 0.05) is 18.4 Å². The van der Waals surface area contributed by atoms with Crippen LogP contribution in [0.1, 0.15) is 36.4 Å². The van der Waals surface area contributed by atoms with Gasteiger partial charge in [0.25, 0.3) is 0 Å². The topological polar surface area (TPSA) is 50.9 Å². The number of rotatable bonds is 4. The fourth-order valence-electron chi connectivity index (χ4n) is 2.38. The predicted octanol–water partition coefficient (Wildman–Crippen LogP) is 2.43. The second-order valence-electron chi connectivity index (χ2n) is 4.81. The fourth-order valence-corrected chi connectivity index (χ4v) is 3.59. The molecule has 4 heteroatoms. The standard InChI is InChI=1S/C13H21N3S/c1-10-6-12(9-15-8-10)13(16-14)7-11-2-4-17-5-3-11/h6,8-9,11,13,16H,2-5,7,14H2,1H3. The number of nitrogens with zero attached hydrogens (tertiary/aromatic N) is 1. The average Bonchev–Trinajstić information content (AvgIpc) is 2.37. The van der Waals surface area contributed by atoms with Crippen LogP contribution in [-0.2, 0) is 0 Å². The van der Waals surface area contributed by atoms with Crippen LogP contribution in [0.3, 0.4) is 0 Å². The van der Waals surface area contributed by atoms with Gasteiger partial charge in [-0.1, -0.05) is 6.07 Å². The monoisotopic (exact) mass is 251 g/mol. The van der Waals surface area contributed by atoms with Crippen molar-refractivity contribution in [2.45, 2.75) is 32.2 Å². The first kappa shape index (κ1) is 12.9. The summed E-state index contributed by atoms with van der Waals surface area (Å²) in [6, 6.07) is 2.42. The summed E-state index contributed by atoms with van der Waals surface area (Å²) in [7, 11) is 0. The largest absolute Gasteiger partial charge is 0.271 e. The molecule has 1 aliphatic heterocycles. The van der Waals surface area contributed by atoms with E-state index in [9.17, 15) is 0 Å². The van der Waals surface area contributed by atoms with E-state index in [1.165, 1.54) is 35.5 Å². The summed E-state index contributed by atoms with van der Waals surface area (Å²) in [5, 5.41) is 0. The van der Waals surface area contributed by atoms with E-state index < -0.39 is 0 Å². The number of nitrogens with two attached hydrogens (primary N) is 1. The molecule has 0 amide bonds. The maximum absolute atomic E-state index is 5.69. The zero-order valence-corrected chi connectivity index (χ0v) is 11.2. The Morgan fingerprint density at radius 2 is 2.24 bits per heavy atom. The van der Waals surface area contributed by atoms with Gasteiger partial charge in [-0.05, 0) is 54.7 Å². The number of pyridine rings is 1. The van der Waals surface area contributed by atoms with Crippen LogP contribution in [0.15, 0.2) is 18.5 Å². The van der Waals surface area contributed by atoms with Crippen molar-refractivity contribution in [2.24, 2.45) is 11.8 Å². The van der Waals surface area contributed by atoms with Gasteiger partial charge < -0.3 is 0 Å². The highest BCUT2D eigenvalue weighted by molar-refractivity contribution is 7.99. The highest BCUT2D eigenvalue weighted by Gasteiger charge is 2.19. The van der Waals surface area contributed by atoms with Gasteiger partial charge in [-0.15, -0.1) is 0 Å². The molecule has 0 saturated carbocycles. The molecule has 1 unspecified atom stereocenters. The Kier molecular flexibility index (Phi) is 4.83. The van der Waals surface area contributed by atoms with Crippen molar-refractivity contribution in [1.29, 1.82) is 0 Å². The number of aromatic nitrogens is 1. The molecule has 1 aromatic heterocycles. The van der Waals surface area contributed by atoms with Crippen LogP contribution in [-0.4, -0.2) is 16.5 Å². The quantitative estimate of drug-likeness (QED) is 0.637. The maximum Gasteiger partial charge on any atom is 0.0478 e. The Hall–Kier alpha value is -0.580. The van der Waals surface area contributed by atoms with E-state index in [4.69, 9.17) is 5.84 Å². The Labute approximate surface area is 108 Å². The van der Waals surface area contributed by atoms with E-state index in [0.29, 0.717) is 0 Å². The molecule has 1 saturated heterocycles. The van der Waals surface area contributed by atoms with Crippen LogP contribution in [0.4, 0.5) is 0 Å². The summed E-state index contributed by atoms with van der Waals surface area (Å²) >= 11 is 2.07. The van der Waals surface area contributed by atoms with E-state index in [-0.39, 0.29) is 6.04 Å². The van der Waals surface area contributed by atoms with Gasteiger partial charge in [0.1, 0.15) is 0 Å². The molecule has 0 aliphatic carbocycles. The highest BCUT2D eigenvalue weighted by Crippen LogP contribution is 2.30. The van der Waals surface area contributed by atoms with E-state index in [1.54, 1.807) is 0 Å². The smallest absolute Gasteiger partial charge is 0.0478 e. The van der Waals surface area contributed by atoms with Crippen LogP contribution >= 0.6 is 11.8 Å². The van der Waals surface area contributed by atoms with Crippen molar-refractivity contribution < 1.29 is 0 Å². The van der Waals surface area contributed by atoms with Crippen LogP contribution in [0.2, 0.25) is 0 Å². The minimum absolute atomic E-state index is 0.246. The van der Waals surface area contributed by atoms with Crippen molar-refractivity contribution in [3.63, 3.8) is 0 Å². The summed E-state index contributed by atoms with van der Waals surface area (Å²) in [5.41, 5.74) is 5.36. The molecule has 2 rings (SSSR count). The van der Waals surface area contributed by atoms with Crippen molar-refractivity contribution in [3.8, 4) is 0 Å². The summed E-state index contributed by atoms with van der Waals surface area (Å²) < 4.78 is 0. The van der Waals surface area contributed by atoms with Crippen molar-refractivity contribution in [2.75, 3.05) is 11.5 Å². The van der Waals surface area contributed by atoms with Gasteiger partial charge in [0.05, 0.1) is 0 Å². The Bertz CT molecular complexity index is 350. The van der Waals surface area contributed by atoms with Crippen LogP contribution in [0.25, 0.3) is 0 Å². The zero-order valence-electron chi connectivity index (χ0n) is 10.4. The predicted molar refractivity (Wildman–Crippen MR) is 73.7 cm³/mol. The van der Waals surface area contributed by atoms with Gasteiger partial charge in [-0.25, -0.2) is 0 Å². The molecule has 1 fully saturated rings. The molecule has 1 aliphatic rings. The Morgan fingerprint density at radius 3 is 2.88 bits per heavy atom. The molecule has 0 aromatic carbocycles. The number of nitrogens with one attached hydrogen (secondary N) is 1. The van der Waals surface area contributed by atoms with Crippen LogP contribution < -0.4 is 11.3 Å². The van der Waals surface area contributed by atoms with Crippen molar-refractivity contribution >= 4 is 11.8 Å². The Morgan fingerprint density at radius 1 is 1.47 bits per heavy atom. The molecule has 0 spiro atoms. The Balaban J connectivity index is 2.00. The minimum Gasteiger partial charge on any atom is -0.271 e. The molecule has 0 bridgehead atoms. The van der Waals surface area contributed by atoms with Crippen LogP contribution in [0, 0.1) is 12.8 Å². The summed E-state index contributed by atoms with van der Waals surface area (Å²) in [6.07, 6.45) is 7.58. The third-order valence-corrected chi connectivity index (χ3v) is 4.46. The summed E-state index contributed by atoms with van der Waals surface area (Å²) in [5.74, 6) is 9.09. The average molecular weight is 251 g/mol. The number of hydrazine groups is 1. The zero-order chi connectivity index (χ0) is 12.1. The van der Waals surface area contributed by atoms with Gasteiger partial charge in [-0.3, -0.25) is 16.3 Å². The third kappa shape index (κ3) is 3.69.